The summed E-state index contributed by atoms with van der Waals surface area (Å²) >= 11 is 7.27. The van der Waals surface area contributed by atoms with Gasteiger partial charge in [0.2, 0.25) is 5.88 Å². The minimum absolute atomic E-state index is 0.0232. The topological polar surface area (TPSA) is 136 Å². The van der Waals surface area contributed by atoms with Gasteiger partial charge in [0.1, 0.15) is 11.2 Å². The van der Waals surface area contributed by atoms with E-state index in [1.54, 1.807) is 33.5 Å². The van der Waals surface area contributed by atoms with Crippen molar-refractivity contribution in [3.8, 4) is 28.3 Å². The SMILES string of the molecule is COCCN1CC2(CCN(C3CCc4cc(-c5cccc(-c6cccc(Nc7nccc8c7c(=O)n(C)c(=O)n8C)c6C)c5Cl)nc(OC)c43)C2)NC1=O. The first kappa shape index (κ1) is 35.8. The number of pyridine rings is 2. The zero-order chi connectivity index (χ0) is 37.9. The van der Waals surface area contributed by atoms with Crippen LogP contribution in [0.25, 0.3) is 33.3 Å². The molecule has 2 atom stereocenters. The summed E-state index contributed by atoms with van der Waals surface area (Å²) in [5, 5.41) is 7.53. The van der Waals surface area contributed by atoms with Crippen LogP contribution in [0.5, 0.6) is 5.88 Å². The second kappa shape index (κ2) is 13.9. The number of aromatic nitrogens is 4. The predicted octanol–water partition coefficient (Wildman–Crippen LogP) is 5.18. The molecule has 54 heavy (non-hydrogen) atoms. The van der Waals surface area contributed by atoms with Gasteiger partial charge in [-0.1, -0.05) is 41.9 Å². The first-order valence-corrected chi connectivity index (χ1v) is 18.5. The van der Waals surface area contributed by atoms with Gasteiger partial charge in [-0.05, 0) is 61.1 Å². The van der Waals surface area contributed by atoms with E-state index in [1.165, 1.54) is 17.2 Å². The van der Waals surface area contributed by atoms with Crippen molar-refractivity contribution < 1.29 is 14.3 Å². The summed E-state index contributed by atoms with van der Waals surface area (Å²) in [5.74, 6) is 0.955. The first-order valence-electron chi connectivity index (χ1n) is 18.1. The molecule has 5 aromatic rings. The van der Waals surface area contributed by atoms with Crippen LogP contribution in [0.1, 0.15) is 35.6 Å². The number of carbonyl (C=O) groups excluding carboxylic acids is 1. The van der Waals surface area contributed by atoms with Gasteiger partial charge in [-0.2, -0.15) is 0 Å². The van der Waals surface area contributed by atoms with E-state index in [9.17, 15) is 14.4 Å². The highest BCUT2D eigenvalue weighted by atomic mass is 35.5. The van der Waals surface area contributed by atoms with Crippen LogP contribution >= 0.6 is 11.6 Å². The monoisotopic (exact) mass is 750 g/mol. The summed E-state index contributed by atoms with van der Waals surface area (Å²) in [6, 6.07) is 15.7. The molecule has 13 nitrogen and oxygen atoms in total. The molecule has 1 spiro atoms. The molecule has 2 saturated heterocycles. The summed E-state index contributed by atoms with van der Waals surface area (Å²) in [6.07, 6.45) is 4.29. The molecule has 5 heterocycles. The van der Waals surface area contributed by atoms with Crippen molar-refractivity contribution >= 4 is 40.0 Å². The zero-order valence-electron chi connectivity index (χ0n) is 31.0. The summed E-state index contributed by atoms with van der Waals surface area (Å²) in [5.41, 5.74) is 6.62. The molecular formula is C40H43ClN8O5. The molecule has 2 N–H and O–H groups in total. The predicted molar refractivity (Wildman–Crippen MR) is 209 cm³/mol. The molecule has 2 aliphatic heterocycles. The summed E-state index contributed by atoms with van der Waals surface area (Å²) in [6.45, 7) is 5.41. The van der Waals surface area contributed by atoms with Crippen molar-refractivity contribution in [1.82, 2.24) is 34.2 Å². The average Bonchev–Trinajstić information content (AvgIpc) is 3.88. The number of nitrogens with zero attached hydrogens (tertiary/aromatic N) is 6. The highest BCUT2D eigenvalue weighted by molar-refractivity contribution is 6.36. The van der Waals surface area contributed by atoms with Crippen LogP contribution in [0.4, 0.5) is 16.3 Å². The van der Waals surface area contributed by atoms with Crippen LogP contribution in [-0.4, -0.2) is 87.5 Å². The Morgan fingerprint density at radius 1 is 1.02 bits per heavy atom. The number of carbonyl (C=O) groups is 1. The standard InChI is InChI=1S/C40H43ClN8O5/c1-23-25(8-7-11-28(23)43-35-33-30(14-16-42-35)46(2)39(52)47(3)37(33)50)26-9-6-10-27(34(26)41)29-20-24-12-13-31(32(24)36(44-29)54-5)48-17-15-40(21-48)22-49(18-19-53-4)38(51)45-40/h6-11,14,16,20,31H,12-13,15,17-19,21-22H2,1-5H3,(H,42,43)(H,45,51). The van der Waals surface area contributed by atoms with Gasteiger partial charge in [-0.25, -0.2) is 19.6 Å². The molecule has 2 amide bonds. The van der Waals surface area contributed by atoms with Crippen LogP contribution in [0.2, 0.25) is 5.02 Å². The van der Waals surface area contributed by atoms with Gasteiger partial charge >= 0.3 is 11.7 Å². The Labute approximate surface area is 317 Å². The highest BCUT2D eigenvalue weighted by Crippen LogP contribution is 2.46. The molecule has 8 rings (SSSR count). The van der Waals surface area contributed by atoms with Crippen LogP contribution < -0.4 is 26.6 Å². The highest BCUT2D eigenvalue weighted by Gasteiger charge is 2.49. The number of aryl methyl sites for hydroxylation is 2. The van der Waals surface area contributed by atoms with Crippen LogP contribution in [-0.2, 0) is 25.3 Å². The van der Waals surface area contributed by atoms with Crippen molar-refractivity contribution in [3.05, 3.63) is 97.3 Å². The number of hydrogen-bond acceptors (Lipinski definition) is 9. The Balaban J connectivity index is 1.09. The van der Waals surface area contributed by atoms with Crippen molar-refractivity contribution in [2.45, 2.75) is 37.8 Å². The van der Waals surface area contributed by atoms with Crippen LogP contribution in [0.3, 0.4) is 0 Å². The van der Waals surface area contributed by atoms with Crippen molar-refractivity contribution in [2.24, 2.45) is 14.1 Å². The second-order valence-electron chi connectivity index (χ2n) is 14.5. The fourth-order valence-electron chi connectivity index (χ4n) is 8.55. The van der Waals surface area contributed by atoms with Crippen LogP contribution in [0, 0.1) is 6.92 Å². The molecule has 14 heteroatoms. The number of amides is 2. The summed E-state index contributed by atoms with van der Waals surface area (Å²) < 4.78 is 13.7. The fourth-order valence-corrected chi connectivity index (χ4v) is 8.88. The largest absolute Gasteiger partial charge is 0.481 e. The van der Waals surface area contributed by atoms with Gasteiger partial charge in [0.05, 0.1) is 35.5 Å². The van der Waals surface area contributed by atoms with Gasteiger partial charge in [0.15, 0.2) is 0 Å². The van der Waals surface area contributed by atoms with Crippen LogP contribution in [0.15, 0.2) is 64.3 Å². The number of ether oxygens (including phenoxy) is 2. The number of hydrogen-bond donors (Lipinski definition) is 2. The maximum absolute atomic E-state index is 13.2. The van der Waals surface area contributed by atoms with Crippen molar-refractivity contribution in [2.75, 3.05) is 52.3 Å². The maximum Gasteiger partial charge on any atom is 0.330 e. The van der Waals surface area contributed by atoms with Gasteiger partial charge in [0, 0.05) is 82.0 Å². The Bertz CT molecular complexity index is 2450. The lowest BCUT2D eigenvalue weighted by atomic mass is 9.96. The van der Waals surface area contributed by atoms with E-state index in [2.05, 4.69) is 26.6 Å². The molecule has 2 fully saturated rings. The zero-order valence-corrected chi connectivity index (χ0v) is 31.8. The Morgan fingerprint density at radius 3 is 2.59 bits per heavy atom. The number of methoxy groups -OCH3 is 2. The Hall–Kier alpha value is -5.24. The third-order valence-corrected chi connectivity index (χ3v) is 11.8. The maximum atomic E-state index is 13.2. The average molecular weight is 751 g/mol. The number of nitrogens with one attached hydrogen (secondary N) is 2. The minimum Gasteiger partial charge on any atom is -0.481 e. The van der Waals surface area contributed by atoms with E-state index in [4.69, 9.17) is 26.1 Å². The van der Waals surface area contributed by atoms with Gasteiger partial charge in [-0.15, -0.1) is 0 Å². The van der Waals surface area contributed by atoms with Gasteiger partial charge in [-0.3, -0.25) is 18.8 Å². The van der Waals surface area contributed by atoms with E-state index < -0.39 is 11.2 Å². The third-order valence-electron chi connectivity index (χ3n) is 11.4. The molecule has 3 aliphatic rings. The summed E-state index contributed by atoms with van der Waals surface area (Å²) in [4.78, 5) is 52.4. The number of likely N-dealkylation sites (tertiary alicyclic amines) is 1. The van der Waals surface area contributed by atoms with E-state index in [-0.39, 0.29) is 17.6 Å². The molecule has 3 aromatic heterocycles. The molecule has 1 aliphatic carbocycles. The Morgan fingerprint density at radius 2 is 1.80 bits per heavy atom. The van der Waals surface area contributed by atoms with Gasteiger partial charge < -0.3 is 25.0 Å². The molecule has 2 unspecified atom stereocenters. The fraction of sp³-hybridized carbons (Fsp3) is 0.375. The quantitative estimate of drug-likeness (QED) is 0.209. The third kappa shape index (κ3) is 5.91. The van der Waals surface area contributed by atoms with Gasteiger partial charge in [0.25, 0.3) is 5.56 Å². The second-order valence-corrected chi connectivity index (χ2v) is 14.9. The first-order chi connectivity index (χ1) is 26.0. The molecule has 280 valence electrons. The minimum atomic E-state index is -0.423. The molecular weight excluding hydrogens is 708 g/mol. The molecule has 0 radical (unpaired) electrons. The number of fused-ring (bicyclic) bond motifs is 2. The molecule has 0 saturated carbocycles. The number of rotatable bonds is 9. The van der Waals surface area contributed by atoms with Crippen molar-refractivity contribution in [1.29, 1.82) is 0 Å². The number of anilines is 2. The Kier molecular flexibility index (Phi) is 9.19. The molecule has 2 aromatic carbocycles. The van der Waals surface area contributed by atoms with E-state index in [1.807, 2.05) is 48.2 Å². The number of halogens is 1. The molecule has 0 bridgehead atoms. The lowest BCUT2D eigenvalue weighted by Gasteiger charge is -2.28. The lowest BCUT2D eigenvalue weighted by molar-refractivity contribution is 0.158. The number of benzene rings is 2. The normalized spacial score (nSPS) is 19.6. The van der Waals surface area contributed by atoms with E-state index in [0.717, 1.165) is 76.1 Å². The lowest BCUT2D eigenvalue weighted by Crippen LogP contribution is -2.46. The smallest absolute Gasteiger partial charge is 0.330 e. The number of urea groups is 1. The van der Waals surface area contributed by atoms with Crippen molar-refractivity contribution in [3.63, 3.8) is 0 Å². The van der Waals surface area contributed by atoms with E-state index >= 15 is 0 Å². The summed E-state index contributed by atoms with van der Waals surface area (Å²) in [7, 11) is 6.42. The van der Waals surface area contributed by atoms with E-state index in [0.29, 0.717) is 47.3 Å².